The van der Waals surface area contributed by atoms with Crippen molar-refractivity contribution in [2.24, 2.45) is 0 Å². The molecular formula is C11H12ClN3O3. The molecule has 0 atom stereocenters. The molecule has 0 aromatic heterocycles. The van der Waals surface area contributed by atoms with Crippen LogP contribution in [0.15, 0.2) is 12.1 Å². The minimum Gasteiger partial charge on any atom is -0.397 e. The van der Waals surface area contributed by atoms with Gasteiger partial charge in [-0.1, -0.05) is 11.6 Å². The Morgan fingerprint density at radius 3 is 2.56 bits per heavy atom. The summed E-state index contributed by atoms with van der Waals surface area (Å²) in [5.74, 6) is -0.296. The van der Waals surface area contributed by atoms with Crippen molar-refractivity contribution in [2.75, 3.05) is 18.8 Å². The first-order chi connectivity index (χ1) is 8.50. The third-order valence-corrected chi connectivity index (χ3v) is 3.26. The number of anilines is 1. The van der Waals surface area contributed by atoms with Gasteiger partial charge in [0, 0.05) is 25.2 Å². The Hall–Kier alpha value is -1.82. The van der Waals surface area contributed by atoms with Crippen LogP contribution in [0.3, 0.4) is 0 Å². The summed E-state index contributed by atoms with van der Waals surface area (Å²) in [6.07, 6.45) is 1.88. The van der Waals surface area contributed by atoms with E-state index in [1.807, 2.05) is 0 Å². The van der Waals surface area contributed by atoms with Gasteiger partial charge >= 0.3 is 0 Å². The van der Waals surface area contributed by atoms with E-state index in [2.05, 4.69) is 0 Å². The lowest BCUT2D eigenvalue weighted by molar-refractivity contribution is -0.384. The van der Waals surface area contributed by atoms with Crippen LogP contribution < -0.4 is 5.73 Å². The zero-order valence-electron chi connectivity index (χ0n) is 9.56. The molecule has 7 heteroatoms. The number of nitrogen functional groups attached to an aromatic ring is 1. The molecule has 96 valence electrons. The third kappa shape index (κ3) is 2.24. The van der Waals surface area contributed by atoms with Gasteiger partial charge in [0.15, 0.2) is 0 Å². The number of rotatable bonds is 2. The van der Waals surface area contributed by atoms with Crippen LogP contribution in [0.4, 0.5) is 11.4 Å². The number of nitrogens with zero attached hydrogens (tertiary/aromatic N) is 2. The van der Waals surface area contributed by atoms with Crippen molar-refractivity contribution >= 4 is 28.9 Å². The number of non-ortho nitro benzene ring substituents is 1. The van der Waals surface area contributed by atoms with Crippen LogP contribution in [0, 0.1) is 10.1 Å². The largest absolute Gasteiger partial charge is 0.397 e. The summed E-state index contributed by atoms with van der Waals surface area (Å²) < 4.78 is 0. The lowest BCUT2D eigenvalue weighted by atomic mass is 10.1. The number of nitro groups is 1. The Morgan fingerprint density at radius 2 is 2.00 bits per heavy atom. The molecule has 0 bridgehead atoms. The second-order valence-corrected chi connectivity index (χ2v) is 4.55. The summed E-state index contributed by atoms with van der Waals surface area (Å²) in [6, 6.07) is 2.33. The van der Waals surface area contributed by atoms with Gasteiger partial charge in [0.1, 0.15) is 0 Å². The molecule has 1 aromatic carbocycles. The average molecular weight is 270 g/mol. The van der Waals surface area contributed by atoms with Gasteiger partial charge in [-0.15, -0.1) is 0 Å². The average Bonchev–Trinajstić information content (AvgIpc) is 2.85. The SMILES string of the molecule is Nc1c(Cl)cc([N+](=O)[O-])cc1C(=O)N1CCCC1. The normalized spacial score (nSPS) is 14.8. The molecule has 2 rings (SSSR count). The summed E-state index contributed by atoms with van der Waals surface area (Å²) in [4.78, 5) is 23.9. The monoisotopic (exact) mass is 269 g/mol. The maximum Gasteiger partial charge on any atom is 0.271 e. The van der Waals surface area contributed by atoms with Crippen molar-refractivity contribution in [2.45, 2.75) is 12.8 Å². The molecule has 18 heavy (non-hydrogen) atoms. The number of hydrogen-bond donors (Lipinski definition) is 1. The molecule has 1 saturated heterocycles. The van der Waals surface area contributed by atoms with Crippen molar-refractivity contribution < 1.29 is 9.72 Å². The highest BCUT2D eigenvalue weighted by Crippen LogP contribution is 2.30. The summed E-state index contributed by atoms with van der Waals surface area (Å²) in [7, 11) is 0. The topological polar surface area (TPSA) is 89.5 Å². The minimum absolute atomic E-state index is 0.0340. The van der Waals surface area contributed by atoms with Crippen LogP contribution >= 0.6 is 11.6 Å². The number of nitro benzene ring substituents is 1. The van der Waals surface area contributed by atoms with E-state index in [1.54, 1.807) is 4.90 Å². The van der Waals surface area contributed by atoms with Crippen molar-refractivity contribution in [1.82, 2.24) is 4.90 Å². The highest BCUT2D eigenvalue weighted by atomic mass is 35.5. The van der Waals surface area contributed by atoms with Crippen LogP contribution in [0.1, 0.15) is 23.2 Å². The molecule has 1 fully saturated rings. The lowest BCUT2D eigenvalue weighted by Crippen LogP contribution is -2.28. The van der Waals surface area contributed by atoms with Gasteiger partial charge in [-0.05, 0) is 12.8 Å². The number of hydrogen-bond acceptors (Lipinski definition) is 4. The number of carbonyl (C=O) groups excluding carboxylic acids is 1. The van der Waals surface area contributed by atoms with Gasteiger partial charge in [-0.2, -0.15) is 0 Å². The maximum absolute atomic E-state index is 12.2. The van der Waals surface area contributed by atoms with Gasteiger partial charge in [0.25, 0.3) is 11.6 Å². The molecule has 1 amide bonds. The predicted octanol–water partition coefficient (Wildman–Crippen LogP) is 2.07. The molecule has 0 radical (unpaired) electrons. The van der Waals surface area contributed by atoms with Gasteiger partial charge in [-0.25, -0.2) is 0 Å². The van der Waals surface area contributed by atoms with Crippen molar-refractivity contribution in [1.29, 1.82) is 0 Å². The number of halogens is 1. The second-order valence-electron chi connectivity index (χ2n) is 4.15. The molecule has 1 heterocycles. The van der Waals surface area contributed by atoms with Crippen molar-refractivity contribution in [3.05, 3.63) is 32.8 Å². The standard InChI is InChI=1S/C11H12ClN3O3/c12-9-6-7(15(17)18)5-8(10(9)13)11(16)14-3-1-2-4-14/h5-6H,1-4,13H2. The zero-order chi connectivity index (χ0) is 13.3. The Balaban J connectivity index is 2.42. The number of likely N-dealkylation sites (tertiary alicyclic amines) is 1. The first-order valence-corrected chi connectivity index (χ1v) is 5.91. The first kappa shape index (κ1) is 12.6. The molecule has 0 saturated carbocycles. The predicted molar refractivity (Wildman–Crippen MR) is 67.7 cm³/mol. The van der Waals surface area contributed by atoms with E-state index in [0.29, 0.717) is 13.1 Å². The molecule has 6 nitrogen and oxygen atoms in total. The number of benzene rings is 1. The fourth-order valence-corrected chi connectivity index (χ4v) is 2.19. The summed E-state index contributed by atoms with van der Waals surface area (Å²) >= 11 is 5.81. The Morgan fingerprint density at radius 1 is 1.39 bits per heavy atom. The van der Waals surface area contributed by atoms with E-state index in [4.69, 9.17) is 17.3 Å². The van der Waals surface area contributed by atoms with Crippen LogP contribution in [-0.4, -0.2) is 28.8 Å². The summed E-state index contributed by atoms with van der Waals surface area (Å²) in [5, 5.41) is 10.8. The third-order valence-electron chi connectivity index (χ3n) is 2.95. The Labute approximate surface area is 108 Å². The van der Waals surface area contributed by atoms with E-state index in [1.165, 1.54) is 6.07 Å². The van der Waals surface area contributed by atoms with Crippen LogP contribution in [0.5, 0.6) is 0 Å². The van der Waals surface area contributed by atoms with E-state index in [9.17, 15) is 14.9 Å². The molecule has 1 aromatic rings. The fraction of sp³-hybridized carbons (Fsp3) is 0.364. The maximum atomic E-state index is 12.2. The molecule has 2 N–H and O–H groups in total. The highest BCUT2D eigenvalue weighted by Gasteiger charge is 2.24. The van der Waals surface area contributed by atoms with Crippen LogP contribution in [0.25, 0.3) is 0 Å². The van der Waals surface area contributed by atoms with Gasteiger partial charge < -0.3 is 10.6 Å². The summed E-state index contributed by atoms with van der Waals surface area (Å²) in [5.41, 5.74) is 5.70. The number of amides is 1. The van der Waals surface area contributed by atoms with Crippen LogP contribution in [0.2, 0.25) is 5.02 Å². The number of carbonyl (C=O) groups is 1. The van der Waals surface area contributed by atoms with Gasteiger partial charge in [-0.3, -0.25) is 14.9 Å². The smallest absolute Gasteiger partial charge is 0.271 e. The minimum atomic E-state index is -0.591. The van der Waals surface area contributed by atoms with Gasteiger partial charge in [0.05, 0.1) is 21.2 Å². The van der Waals surface area contributed by atoms with E-state index >= 15 is 0 Å². The first-order valence-electron chi connectivity index (χ1n) is 5.53. The summed E-state index contributed by atoms with van der Waals surface area (Å²) in [6.45, 7) is 1.30. The Kier molecular flexibility index (Phi) is 3.38. The molecule has 0 aliphatic carbocycles. The van der Waals surface area contributed by atoms with Crippen molar-refractivity contribution in [3.8, 4) is 0 Å². The number of nitrogens with two attached hydrogens (primary N) is 1. The molecule has 1 aliphatic heterocycles. The van der Waals surface area contributed by atoms with Gasteiger partial charge in [0.2, 0.25) is 0 Å². The van der Waals surface area contributed by atoms with Crippen LogP contribution in [-0.2, 0) is 0 Å². The zero-order valence-corrected chi connectivity index (χ0v) is 10.3. The highest BCUT2D eigenvalue weighted by molar-refractivity contribution is 6.34. The molecule has 0 spiro atoms. The quantitative estimate of drug-likeness (QED) is 0.505. The van der Waals surface area contributed by atoms with Crippen molar-refractivity contribution in [3.63, 3.8) is 0 Å². The molecule has 0 unspecified atom stereocenters. The van der Waals surface area contributed by atoms with E-state index in [0.717, 1.165) is 18.9 Å². The molecule has 1 aliphatic rings. The lowest BCUT2D eigenvalue weighted by Gasteiger charge is -2.16. The molecular weight excluding hydrogens is 258 g/mol. The van der Waals surface area contributed by atoms with E-state index in [-0.39, 0.29) is 27.9 Å². The van der Waals surface area contributed by atoms with E-state index < -0.39 is 4.92 Å². The fourth-order valence-electron chi connectivity index (χ4n) is 1.98. The Bertz CT molecular complexity index is 513. The second kappa shape index (κ2) is 4.81.